The zero-order valence-corrected chi connectivity index (χ0v) is 26.2. The summed E-state index contributed by atoms with van der Waals surface area (Å²) in [5, 5.41) is 4.26. The number of nitrogens with zero attached hydrogens (tertiary/aromatic N) is 1. The van der Waals surface area contributed by atoms with Gasteiger partial charge in [0.25, 0.3) is 0 Å². The normalized spacial score (nSPS) is 12.6. The predicted octanol–water partition coefficient (Wildman–Crippen LogP) is 6.62. The van der Waals surface area contributed by atoms with Gasteiger partial charge in [-0.1, -0.05) is 91.0 Å². The first kappa shape index (κ1) is 33.8. The summed E-state index contributed by atoms with van der Waals surface area (Å²) >= 11 is 0. The lowest BCUT2D eigenvalue weighted by Crippen LogP contribution is -2.49. The first-order valence-corrected chi connectivity index (χ1v) is 15.3. The van der Waals surface area contributed by atoms with Crippen LogP contribution in [0.15, 0.2) is 157 Å². The van der Waals surface area contributed by atoms with Crippen molar-refractivity contribution in [2.75, 3.05) is 12.0 Å². The average Bonchev–Trinajstić information content (AvgIpc) is 3.16. The van der Waals surface area contributed by atoms with Crippen LogP contribution in [-0.2, 0) is 18.9 Å². The molecular formula is C39H32N2O8. The predicted molar refractivity (Wildman–Crippen MR) is 182 cm³/mol. The SMILES string of the molecule is O=C(OCC(OC(=O)c1ccccc1)C(OC(=O)c1ccccc1)C(C=NNc1ccccc1)OC(=O)c1ccccc1)c1ccccc1. The van der Waals surface area contributed by atoms with E-state index in [0.717, 1.165) is 0 Å². The van der Waals surface area contributed by atoms with E-state index >= 15 is 0 Å². The number of rotatable bonds is 14. The molecule has 10 nitrogen and oxygen atoms in total. The van der Waals surface area contributed by atoms with Crippen molar-refractivity contribution in [3.63, 3.8) is 0 Å². The smallest absolute Gasteiger partial charge is 0.338 e. The number of nitrogens with one attached hydrogen (secondary N) is 1. The molecule has 0 fully saturated rings. The molecule has 5 rings (SSSR count). The molecule has 246 valence electrons. The molecule has 0 heterocycles. The molecule has 0 bridgehead atoms. The van der Waals surface area contributed by atoms with Gasteiger partial charge >= 0.3 is 23.9 Å². The van der Waals surface area contributed by atoms with E-state index in [0.29, 0.717) is 5.69 Å². The lowest BCUT2D eigenvalue weighted by atomic mass is 10.1. The summed E-state index contributed by atoms with van der Waals surface area (Å²) in [4.78, 5) is 53.5. The first-order valence-electron chi connectivity index (χ1n) is 15.3. The number of ether oxygens (including phenoxy) is 4. The lowest BCUT2D eigenvalue weighted by Gasteiger charge is -2.30. The van der Waals surface area contributed by atoms with E-state index in [2.05, 4.69) is 10.5 Å². The second-order valence-electron chi connectivity index (χ2n) is 10.5. The number of hydrogen-bond donors (Lipinski definition) is 1. The summed E-state index contributed by atoms with van der Waals surface area (Å²) in [7, 11) is 0. The van der Waals surface area contributed by atoms with Gasteiger partial charge in [-0.05, 0) is 60.7 Å². The molecule has 1 N–H and O–H groups in total. The molecule has 49 heavy (non-hydrogen) atoms. The number of esters is 4. The van der Waals surface area contributed by atoms with Gasteiger partial charge in [0.1, 0.15) is 6.61 Å². The quantitative estimate of drug-likeness (QED) is 0.0607. The van der Waals surface area contributed by atoms with Crippen LogP contribution in [-0.4, -0.2) is 55.0 Å². The van der Waals surface area contributed by atoms with Gasteiger partial charge in [-0.3, -0.25) is 5.43 Å². The summed E-state index contributed by atoms with van der Waals surface area (Å²) in [6.07, 6.45) is -3.28. The van der Waals surface area contributed by atoms with E-state index in [4.69, 9.17) is 18.9 Å². The van der Waals surface area contributed by atoms with Crippen LogP contribution in [0.3, 0.4) is 0 Å². The molecule has 0 aliphatic rings. The Labute approximate surface area is 282 Å². The Hall–Kier alpha value is -6.55. The van der Waals surface area contributed by atoms with Crippen LogP contribution >= 0.6 is 0 Å². The standard InChI is InChI=1S/C39H32N2O8/c42-36(28-16-6-1-7-17-28)46-27-34(48-38(44)30-20-10-3-11-21-30)35(49-39(45)31-22-12-4-13-23-31)33(26-40-41-32-24-14-5-15-25-32)47-37(43)29-18-8-2-9-19-29/h1-26,33-35,41H,27H2. The highest BCUT2D eigenvalue weighted by molar-refractivity contribution is 5.92. The fourth-order valence-electron chi connectivity index (χ4n) is 4.56. The zero-order valence-electron chi connectivity index (χ0n) is 26.2. The number of para-hydroxylation sites is 1. The third-order valence-electron chi connectivity index (χ3n) is 7.04. The van der Waals surface area contributed by atoms with Crippen LogP contribution in [0.4, 0.5) is 5.69 Å². The number of hydrogen-bond acceptors (Lipinski definition) is 10. The Morgan fingerprint density at radius 2 is 0.898 bits per heavy atom. The second-order valence-corrected chi connectivity index (χ2v) is 10.5. The van der Waals surface area contributed by atoms with Crippen molar-refractivity contribution in [3.05, 3.63) is 174 Å². The lowest BCUT2D eigenvalue weighted by molar-refractivity contribution is -0.0858. The number of carbonyl (C=O) groups is 4. The van der Waals surface area contributed by atoms with Crippen molar-refractivity contribution in [1.29, 1.82) is 0 Å². The number of hydrazone groups is 1. The van der Waals surface area contributed by atoms with Gasteiger partial charge in [-0.2, -0.15) is 5.10 Å². The molecule has 0 amide bonds. The highest BCUT2D eigenvalue weighted by Gasteiger charge is 2.39. The third kappa shape index (κ3) is 9.97. The summed E-state index contributed by atoms with van der Waals surface area (Å²) in [5.41, 5.74) is 4.28. The molecule has 3 atom stereocenters. The maximum atomic E-state index is 13.6. The molecule has 0 aliphatic heterocycles. The van der Waals surface area contributed by atoms with Gasteiger partial charge in [0.15, 0.2) is 18.3 Å². The number of anilines is 1. The van der Waals surface area contributed by atoms with Gasteiger partial charge in [0.05, 0.1) is 34.2 Å². The maximum absolute atomic E-state index is 13.6. The summed E-state index contributed by atoms with van der Waals surface area (Å²) < 4.78 is 23.4. The van der Waals surface area contributed by atoms with E-state index in [1.54, 1.807) is 133 Å². The first-order chi connectivity index (χ1) is 24.0. The molecule has 0 saturated carbocycles. The average molecular weight is 657 g/mol. The van der Waals surface area contributed by atoms with E-state index in [1.807, 2.05) is 6.07 Å². The highest BCUT2D eigenvalue weighted by atomic mass is 16.6. The molecule has 0 aliphatic carbocycles. The monoisotopic (exact) mass is 656 g/mol. The topological polar surface area (TPSA) is 130 Å². The minimum Gasteiger partial charge on any atom is -0.458 e. The van der Waals surface area contributed by atoms with Crippen molar-refractivity contribution < 1.29 is 38.1 Å². The Bertz CT molecular complexity index is 1840. The van der Waals surface area contributed by atoms with Crippen molar-refractivity contribution >= 4 is 35.8 Å². The summed E-state index contributed by atoms with van der Waals surface area (Å²) in [6.45, 7) is -0.571. The van der Waals surface area contributed by atoms with Gasteiger partial charge in [-0.25, -0.2) is 19.2 Å². The summed E-state index contributed by atoms with van der Waals surface area (Å²) in [5.74, 6) is -3.10. The van der Waals surface area contributed by atoms with Gasteiger partial charge in [-0.15, -0.1) is 0 Å². The second kappa shape index (κ2) is 17.4. The molecule has 0 radical (unpaired) electrons. The number of carbonyl (C=O) groups excluding carboxylic acids is 4. The minimum absolute atomic E-state index is 0.175. The summed E-state index contributed by atoms with van der Waals surface area (Å²) in [6, 6.07) is 41.6. The fraction of sp³-hybridized carbons (Fsp3) is 0.103. The molecule has 5 aromatic carbocycles. The van der Waals surface area contributed by atoms with E-state index in [-0.39, 0.29) is 22.3 Å². The fourth-order valence-corrected chi connectivity index (χ4v) is 4.56. The van der Waals surface area contributed by atoms with Crippen molar-refractivity contribution in [3.8, 4) is 0 Å². The molecule has 5 aromatic rings. The molecule has 10 heteroatoms. The van der Waals surface area contributed by atoms with Crippen molar-refractivity contribution in [2.24, 2.45) is 5.10 Å². The largest absolute Gasteiger partial charge is 0.458 e. The van der Waals surface area contributed by atoms with Crippen molar-refractivity contribution in [1.82, 2.24) is 0 Å². The van der Waals surface area contributed by atoms with Crippen LogP contribution in [0.5, 0.6) is 0 Å². The Balaban J connectivity index is 1.54. The van der Waals surface area contributed by atoms with E-state index in [9.17, 15) is 19.2 Å². The van der Waals surface area contributed by atoms with Crippen LogP contribution in [0.2, 0.25) is 0 Å². The molecular weight excluding hydrogens is 624 g/mol. The van der Waals surface area contributed by atoms with Gasteiger partial charge in [0, 0.05) is 0 Å². The van der Waals surface area contributed by atoms with Crippen LogP contribution < -0.4 is 5.43 Å². The van der Waals surface area contributed by atoms with Crippen LogP contribution in [0.25, 0.3) is 0 Å². The number of benzene rings is 5. The van der Waals surface area contributed by atoms with Crippen LogP contribution in [0.1, 0.15) is 41.4 Å². The van der Waals surface area contributed by atoms with E-state index < -0.39 is 48.8 Å². The maximum Gasteiger partial charge on any atom is 0.338 e. The Kier molecular flexibility index (Phi) is 12.0. The molecule has 3 unspecified atom stereocenters. The molecule has 0 spiro atoms. The van der Waals surface area contributed by atoms with Crippen LogP contribution in [0, 0.1) is 0 Å². The highest BCUT2D eigenvalue weighted by Crippen LogP contribution is 2.20. The molecule has 0 saturated heterocycles. The van der Waals surface area contributed by atoms with Crippen molar-refractivity contribution in [2.45, 2.75) is 18.3 Å². The zero-order chi connectivity index (χ0) is 34.3. The Morgan fingerprint density at radius 3 is 1.37 bits per heavy atom. The third-order valence-corrected chi connectivity index (χ3v) is 7.04. The van der Waals surface area contributed by atoms with E-state index in [1.165, 1.54) is 18.3 Å². The van der Waals surface area contributed by atoms with Gasteiger partial charge in [0.2, 0.25) is 0 Å². The van der Waals surface area contributed by atoms with Gasteiger partial charge < -0.3 is 18.9 Å². The minimum atomic E-state index is -1.56. The Morgan fingerprint density at radius 1 is 0.510 bits per heavy atom. The molecule has 0 aromatic heterocycles.